The molecule has 1 heterocycles. The summed E-state index contributed by atoms with van der Waals surface area (Å²) >= 11 is 0. The Balaban J connectivity index is 1.55. The van der Waals surface area contributed by atoms with Crippen molar-refractivity contribution < 1.29 is 9.59 Å². The van der Waals surface area contributed by atoms with Crippen molar-refractivity contribution in [2.45, 2.75) is 38.5 Å². The Hall–Kier alpha value is -1.84. The summed E-state index contributed by atoms with van der Waals surface area (Å²) in [4.78, 5) is 26.0. The van der Waals surface area contributed by atoms with E-state index in [4.69, 9.17) is 5.73 Å². The molecule has 1 atom stereocenters. The maximum atomic E-state index is 12.6. The summed E-state index contributed by atoms with van der Waals surface area (Å²) in [6.07, 6.45) is 5.60. The van der Waals surface area contributed by atoms with Crippen molar-refractivity contribution in [3.05, 3.63) is 35.9 Å². The second-order valence-electron chi connectivity index (χ2n) is 6.73. The van der Waals surface area contributed by atoms with Crippen LogP contribution >= 0.6 is 0 Å². The third-order valence-electron chi connectivity index (χ3n) is 5.12. The molecule has 2 aliphatic rings. The molecule has 22 heavy (non-hydrogen) atoms. The van der Waals surface area contributed by atoms with Gasteiger partial charge in [0, 0.05) is 13.1 Å². The van der Waals surface area contributed by atoms with E-state index >= 15 is 0 Å². The Morgan fingerprint density at radius 2 is 1.95 bits per heavy atom. The Labute approximate surface area is 131 Å². The highest BCUT2D eigenvalue weighted by Crippen LogP contribution is 2.47. The molecule has 118 valence electrons. The molecule has 0 unspecified atom stereocenters. The van der Waals surface area contributed by atoms with E-state index < -0.39 is 11.3 Å². The first-order chi connectivity index (χ1) is 10.6. The molecule has 3 rings (SSSR count). The van der Waals surface area contributed by atoms with Crippen LogP contribution in [0.25, 0.3) is 0 Å². The third kappa shape index (κ3) is 3.01. The maximum absolute atomic E-state index is 12.6. The molecule has 4 heteroatoms. The lowest BCUT2D eigenvalue weighted by molar-refractivity contribution is -0.144. The fraction of sp³-hybridized carbons (Fsp3) is 0.556. The Morgan fingerprint density at radius 3 is 2.59 bits per heavy atom. The molecule has 1 aromatic carbocycles. The van der Waals surface area contributed by atoms with E-state index in [1.165, 1.54) is 12.0 Å². The fourth-order valence-corrected chi connectivity index (χ4v) is 3.49. The van der Waals surface area contributed by atoms with Crippen molar-refractivity contribution >= 4 is 11.8 Å². The van der Waals surface area contributed by atoms with Gasteiger partial charge in [-0.3, -0.25) is 9.59 Å². The van der Waals surface area contributed by atoms with Gasteiger partial charge in [0.15, 0.2) is 0 Å². The fourth-order valence-electron chi connectivity index (χ4n) is 3.49. The highest BCUT2D eigenvalue weighted by molar-refractivity contribution is 6.07. The molecule has 1 aliphatic heterocycles. The van der Waals surface area contributed by atoms with Gasteiger partial charge in [-0.1, -0.05) is 30.3 Å². The molecule has 2 fully saturated rings. The van der Waals surface area contributed by atoms with Crippen LogP contribution in [0.1, 0.15) is 37.7 Å². The summed E-state index contributed by atoms with van der Waals surface area (Å²) in [6.45, 7) is 1.55. The van der Waals surface area contributed by atoms with Gasteiger partial charge in [-0.05, 0) is 50.0 Å². The minimum Gasteiger partial charge on any atom is -0.369 e. The second-order valence-corrected chi connectivity index (χ2v) is 6.73. The van der Waals surface area contributed by atoms with E-state index in [1.807, 2.05) is 11.0 Å². The summed E-state index contributed by atoms with van der Waals surface area (Å²) in [5, 5.41) is 0. The van der Waals surface area contributed by atoms with Gasteiger partial charge in [-0.2, -0.15) is 0 Å². The Kier molecular flexibility index (Phi) is 4.19. The summed E-state index contributed by atoms with van der Waals surface area (Å²) in [6, 6.07) is 10.5. The number of hydrogen-bond acceptors (Lipinski definition) is 2. The number of nitrogens with two attached hydrogens (primary N) is 1. The predicted molar refractivity (Wildman–Crippen MR) is 84.9 cm³/mol. The smallest absolute Gasteiger partial charge is 0.238 e. The molecule has 2 N–H and O–H groups in total. The Bertz CT molecular complexity index is 551. The molecule has 0 bridgehead atoms. The monoisotopic (exact) mass is 300 g/mol. The molecule has 1 aromatic rings. The topological polar surface area (TPSA) is 63.4 Å². The lowest BCUT2D eigenvalue weighted by atomic mass is 9.90. The molecule has 4 nitrogen and oxygen atoms in total. The molecule has 1 saturated heterocycles. The number of carbonyl (C=O) groups is 2. The highest BCUT2D eigenvalue weighted by Gasteiger charge is 2.57. The van der Waals surface area contributed by atoms with Crippen LogP contribution in [0.2, 0.25) is 0 Å². The molecule has 0 aromatic heterocycles. The Morgan fingerprint density at radius 1 is 1.23 bits per heavy atom. The average Bonchev–Trinajstić information content (AvgIpc) is 3.35. The molecular formula is C18H24N2O2. The number of rotatable bonds is 5. The van der Waals surface area contributed by atoms with Gasteiger partial charge >= 0.3 is 0 Å². The minimum absolute atomic E-state index is 0.0237. The lowest BCUT2D eigenvalue weighted by Gasteiger charge is -2.34. The van der Waals surface area contributed by atoms with Gasteiger partial charge in [-0.25, -0.2) is 0 Å². The van der Waals surface area contributed by atoms with Gasteiger partial charge in [0.1, 0.15) is 5.41 Å². The summed E-state index contributed by atoms with van der Waals surface area (Å²) in [5.41, 5.74) is 5.91. The molecular weight excluding hydrogens is 276 g/mol. The van der Waals surface area contributed by atoms with Gasteiger partial charge in [0.05, 0.1) is 0 Å². The number of primary amides is 1. The number of benzene rings is 1. The van der Waals surface area contributed by atoms with Crippen LogP contribution in [0.5, 0.6) is 0 Å². The second kappa shape index (κ2) is 6.11. The van der Waals surface area contributed by atoms with Crippen molar-refractivity contribution in [3.8, 4) is 0 Å². The molecule has 2 amide bonds. The van der Waals surface area contributed by atoms with Crippen molar-refractivity contribution in [2.75, 3.05) is 13.1 Å². The van der Waals surface area contributed by atoms with E-state index in [0.29, 0.717) is 18.8 Å². The number of hydrogen-bond donors (Lipinski definition) is 1. The van der Waals surface area contributed by atoms with Crippen LogP contribution in [-0.4, -0.2) is 29.8 Å². The van der Waals surface area contributed by atoms with E-state index in [-0.39, 0.29) is 5.91 Å². The van der Waals surface area contributed by atoms with Crippen LogP contribution in [-0.2, 0) is 16.0 Å². The predicted octanol–water partition coefficient (Wildman–Crippen LogP) is 2.12. The van der Waals surface area contributed by atoms with Crippen LogP contribution in [0.15, 0.2) is 30.3 Å². The lowest BCUT2D eigenvalue weighted by Crippen LogP contribution is -2.47. The molecule has 0 radical (unpaired) electrons. The van der Waals surface area contributed by atoms with Crippen LogP contribution < -0.4 is 5.73 Å². The van der Waals surface area contributed by atoms with E-state index in [1.54, 1.807) is 0 Å². The molecule has 1 aliphatic carbocycles. The zero-order chi connectivity index (χ0) is 15.6. The normalized spacial score (nSPS) is 23.1. The first-order valence-electron chi connectivity index (χ1n) is 8.25. The number of nitrogens with zero attached hydrogens (tertiary/aromatic N) is 1. The van der Waals surface area contributed by atoms with Crippen LogP contribution in [0, 0.1) is 11.3 Å². The first-order valence-corrected chi connectivity index (χ1v) is 8.25. The van der Waals surface area contributed by atoms with E-state index in [9.17, 15) is 9.59 Å². The first kappa shape index (κ1) is 15.1. The zero-order valence-corrected chi connectivity index (χ0v) is 13.0. The largest absolute Gasteiger partial charge is 0.369 e. The maximum Gasteiger partial charge on any atom is 0.238 e. The number of likely N-dealkylation sites (tertiary alicyclic amines) is 1. The van der Waals surface area contributed by atoms with E-state index in [0.717, 1.165) is 32.4 Å². The average molecular weight is 300 g/mol. The van der Waals surface area contributed by atoms with Crippen LogP contribution in [0.4, 0.5) is 0 Å². The van der Waals surface area contributed by atoms with Crippen molar-refractivity contribution in [2.24, 2.45) is 17.1 Å². The SMILES string of the molecule is NC(=O)C1(C(=O)N2CCC[C@H](CCc3ccccc3)C2)CC1. The van der Waals surface area contributed by atoms with Gasteiger partial charge in [0.25, 0.3) is 0 Å². The number of carbonyl (C=O) groups excluding carboxylic acids is 2. The van der Waals surface area contributed by atoms with Crippen LogP contribution in [0.3, 0.4) is 0 Å². The summed E-state index contributed by atoms with van der Waals surface area (Å²) in [5.74, 6) is 0.0647. The molecule has 1 saturated carbocycles. The van der Waals surface area contributed by atoms with Gasteiger partial charge in [0.2, 0.25) is 11.8 Å². The summed E-state index contributed by atoms with van der Waals surface area (Å²) in [7, 11) is 0. The molecule has 0 spiro atoms. The van der Waals surface area contributed by atoms with E-state index in [2.05, 4.69) is 24.3 Å². The minimum atomic E-state index is -0.860. The standard InChI is InChI=1S/C18H24N2O2/c19-16(21)18(10-11-18)17(22)20-12-4-7-15(13-20)9-8-14-5-2-1-3-6-14/h1-3,5-6,15H,4,7-13H2,(H2,19,21)/t15-/m1/s1. The third-order valence-corrected chi connectivity index (χ3v) is 5.12. The van der Waals surface area contributed by atoms with Gasteiger partial charge in [-0.15, -0.1) is 0 Å². The number of aryl methyl sites for hydroxylation is 1. The quantitative estimate of drug-likeness (QED) is 0.847. The van der Waals surface area contributed by atoms with Gasteiger partial charge < -0.3 is 10.6 Å². The van der Waals surface area contributed by atoms with Crippen molar-refractivity contribution in [1.82, 2.24) is 4.90 Å². The zero-order valence-electron chi connectivity index (χ0n) is 13.0. The number of piperidine rings is 1. The summed E-state index contributed by atoms with van der Waals surface area (Å²) < 4.78 is 0. The highest BCUT2D eigenvalue weighted by atomic mass is 16.2. The van der Waals surface area contributed by atoms with Crippen molar-refractivity contribution in [1.29, 1.82) is 0 Å². The number of amides is 2. The van der Waals surface area contributed by atoms with Crippen molar-refractivity contribution in [3.63, 3.8) is 0 Å².